The van der Waals surface area contributed by atoms with Gasteiger partial charge in [0.2, 0.25) is 0 Å². The number of benzene rings is 1. The van der Waals surface area contributed by atoms with E-state index >= 15 is 0 Å². The van der Waals surface area contributed by atoms with Crippen molar-refractivity contribution in [3.63, 3.8) is 0 Å². The fourth-order valence-electron chi connectivity index (χ4n) is 2.16. The number of anilines is 1. The predicted octanol–water partition coefficient (Wildman–Crippen LogP) is 2.81. The lowest BCUT2D eigenvalue weighted by Gasteiger charge is -2.29. The highest BCUT2D eigenvalue weighted by Crippen LogP contribution is 2.18. The fourth-order valence-corrected chi connectivity index (χ4v) is 2.16. The Morgan fingerprint density at radius 2 is 1.72 bits per heavy atom. The standard InChI is InChI=1S/C14H18N2O2/c1-9(2)16(10(3)4)14-15-12-8-6-5-7-11(12)13(17)18-14/h5-10H,1-4H3. The average Bonchev–Trinajstić information content (AvgIpc) is 2.28. The van der Waals surface area contributed by atoms with E-state index in [0.717, 1.165) is 0 Å². The first-order valence-electron chi connectivity index (χ1n) is 6.19. The number of aromatic nitrogens is 1. The molecule has 0 unspecified atom stereocenters. The van der Waals surface area contributed by atoms with Crippen LogP contribution >= 0.6 is 0 Å². The van der Waals surface area contributed by atoms with Crippen LogP contribution in [0.25, 0.3) is 10.9 Å². The molecule has 1 heterocycles. The van der Waals surface area contributed by atoms with Crippen molar-refractivity contribution in [3.8, 4) is 0 Å². The highest BCUT2D eigenvalue weighted by atomic mass is 16.4. The fraction of sp³-hybridized carbons (Fsp3) is 0.429. The lowest BCUT2D eigenvalue weighted by molar-refractivity contribution is 0.451. The van der Waals surface area contributed by atoms with Crippen molar-refractivity contribution in [2.75, 3.05) is 4.90 Å². The molecule has 0 N–H and O–H groups in total. The van der Waals surface area contributed by atoms with E-state index < -0.39 is 0 Å². The zero-order chi connectivity index (χ0) is 13.3. The highest BCUT2D eigenvalue weighted by Gasteiger charge is 2.19. The summed E-state index contributed by atoms with van der Waals surface area (Å²) in [6.45, 7) is 8.21. The molecule has 0 saturated heterocycles. The summed E-state index contributed by atoms with van der Waals surface area (Å²) in [7, 11) is 0. The molecule has 0 saturated carbocycles. The quantitative estimate of drug-likeness (QED) is 0.835. The number of rotatable bonds is 3. The van der Waals surface area contributed by atoms with E-state index in [1.807, 2.05) is 23.1 Å². The summed E-state index contributed by atoms with van der Waals surface area (Å²) in [5, 5.41) is 0.522. The third kappa shape index (κ3) is 2.23. The molecule has 0 spiro atoms. The Kier molecular flexibility index (Phi) is 3.36. The smallest absolute Gasteiger partial charge is 0.348 e. The monoisotopic (exact) mass is 246 g/mol. The van der Waals surface area contributed by atoms with Crippen LogP contribution in [0.4, 0.5) is 6.01 Å². The largest absolute Gasteiger partial charge is 0.389 e. The van der Waals surface area contributed by atoms with Crippen LogP contribution in [0.15, 0.2) is 33.5 Å². The molecule has 18 heavy (non-hydrogen) atoms. The summed E-state index contributed by atoms with van der Waals surface area (Å²) in [5.74, 6) is 0. The Labute approximate surface area is 106 Å². The van der Waals surface area contributed by atoms with Crippen LogP contribution < -0.4 is 10.5 Å². The van der Waals surface area contributed by atoms with Crippen molar-refractivity contribution in [3.05, 3.63) is 34.7 Å². The minimum atomic E-state index is -0.332. The molecule has 1 aromatic carbocycles. The molecule has 0 fully saturated rings. The van der Waals surface area contributed by atoms with Crippen LogP contribution in [0.3, 0.4) is 0 Å². The first-order valence-corrected chi connectivity index (χ1v) is 6.19. The molecule has 0 radical (unpaired) electrons. The van der Waals surface area contributed by atoms with Gasteiger partial charge in [0, 0.05) is 12.1 Å². The average molecular weight is 246 g/mol. The van der Waals surface area contributed by atoms with Gasteiger partial charge in [-0.05, 0) is 39.8 Å². The first kappa shape index (κ1) is 12.6. The maximum absolute atomic E-state index is 11.9. The molecule has 4 nitrogen and oxygen atoms in total. The number of nitrogens with zero attached hydrogens (tertiary/aromatic N) is 2. The molecule has 0 aliphatic heterocycles. The third-order valence-electron chi connectivity index (χ3n) is 2.86. The van der Waals surface area contributed by atoms with E-state index in [0.29, 0.717) is 16.9 Å². The van der Waals surface area contributed by atoms with Gasteiger partial charge in [-0.3, -0.25) is 0 Å². The van der Waals surface area contributed by atoms with Gasteiger partial charge in [-0.15, -0.1) is 0 Å². The van der Waals surface area contributed by atoms with Crippen LogP contribution in [0.2, 0.25) is 0 Å². The zero-order valence-electron chi connectivity index (χ0n) is 11.2. The molecule has 0 aliphatic rings. The van der Waals surface area contributed by atoms with E-state index in [4.69, 9.17) is 4.42 Å². The second-order valence-electron chi connectivity index (χ2n) is 4.90. The summed E-state index contributed by atoms with van der Waals surface area (Å²) in [6, 6.07) is 8.07. The van der Waals surface area contributed by atoms with E-state index in [9.17, 15) is 4.79 Å². The highest BCUT2D eigenvalue weighted by molar-refractivity contribution is 5.77. The predicted molar refractivity (Wildman–Crippen MR) is 73.0 cm³/mol. The normalized spacial score (nSPS) is 11.4. The van der Waals surface area contributed by atoms with E-state index in [2.05, 4.69) is 32.7 Å². The number of para-hydroxylation sites is 1. The van der Waals surface area contributed by atoms with Gasteiger partial charge in [0.1, 0.15) is 0 Å². The Morgan fingerprint density at radius 1 is 1.11 bits per heavy atom. The van der Waals surface area contributed by atoms with Crippen LogP contribution in [-0.2, 0) is 0 Å². The molecule has 96 valence electrons. The van der Waals surface area contributed by atoms with E-state index in [-0.39, 0.29) is 17.7 Å². The molecule has 0 bridgehead atoms. The van der Waals surface area contributed by atoms with Gasteiger partial charge in [0.05, 0.1) is 10.9 Å². The minimum Gasteiger partial charge on any atom is -0.389 e. The molecule has 0 atom stereocenters. The minimum absolute atomic E-state index is 0.224. The van der Waals surface area contributed by atoms with E-state index in [1.165, 1.54) is 0 Å². The molecular weight excluding hydrogens is 228 g/mol. The van der Waals surface area contributed by atoms with Crippen molar-refractivity contribution in [1.29, 1.82) is 0 Å². The second kappa shape index (κ2) is 4.80. The van der Waals surface area contributed by atoms with Crippen molar-refractivity contribution in [2.24, 2.45) is 0 Å². The Bertz CT molecular complexity index is 594. The summed E-state index contributed by atoms with van der Waals surface area (Å²) in [5.41, 5.74) is 0.344. The van der Waals surface area contributed by atoms with Crippen LogP contribution in [0.5, 0.6) is 0 Å². The lowest BCUT2D eigenvalue weighted by atomic mass is 10.2. The topological polar surface area (TPSA) is 46.3 Å². The third-order valence-corrected chi connectivity index (χ3v) is 2.86. The summed E-state index contributed by atoms with van der Waals surface area (Å²) in [6.07, 6.45) is 0. The van der Waals surface area contributed by atoms with Crippen LogP contribution in [0, 0.1) is 0 Å². The second-order valence-corrected chi connectivity index (χ2v) is 4.90. The van der Waals surface area contributed by atoms with Crippen LogP contribution in [0.1, 0.15) is 27.7 Å². The Morgan fingerprint density at radius 3 is 2.33 bits per heavy atom. The summed E-state index contributed by atoms with van der Waals surface area (Å²) < 4.78 is 5.33. The SMILES string of the molecule is CC(C)N(c1nc2ccccc2c(=O)o1)C(C)C. The molecular formula is C14H18N2O2. The summed E-state index contributed by atoms with van der Waals surface area (Å²) >= 11 is 0. The van der Waals surface area contributed by atoms with Gasteiger partial charge in [0.25, 0.3) is 0 Å². The van der Waals surface area contributed by atoms with Gasteiger partial charge in [-0.2, -0.15) is 4.98 Å². The lowest BCUT2D eigenvalue weighted by Crippen LogP contribution is -2.38. The Balaban J connectivity index is 2.61. The van der Waals surface area contributed by atoms with Gasteiger partial charge < -0.3 is 9.32 Å². The van der Waals surface area contributed by atoms with Gasteiger partial charge >= 0.3 is 11.6 Å². The number of hydrogen-bond donors (Lipinski definition) is 0. The molecule has 2 aromatic rings. The molecule has 2 rings (SSSR count). The number of hydrogen-bond acceptors (Lipinski definition) is 4. The maximum atomic E-state index is 11.9. The van der Waals surface area contributed by atoms with Crippen molar-refractivity contribution in [2.45, 2.75) is 39.8 Å². The zero-order valence-corrected chi connectivity index (χ0v) is 11.2. The van der Waals surface area contributed by atoms with Crippen molar-refractivity contribution >= 4 is 16.9 Å². The summed E-state index contributed by atoms with van der Waals surface area (Å²) in [4.78, 5) is 18.3. The number of fused-ring (bicyclic) bond motifs is 1. The van der Waals surface area contributed by atoms with Gasteiger partial charge in [0.15, 0.2) is 0 Å². The molecule has 1 aromatic heterocycles. The van der Waals surface area contributed by atoms with Crippen molar-refractivity contribution < 1.29 is 4.42 Å². The molecule has 4 heteroatoms. The first-order chi connectivity index (χ1) is 8.50. The van der Waals surface area contributed by atoms with Gasteiger partial charge in [-0.25, -0.2) is 4.79 Å². The molecule has 0 aliphatic carbocycles. The maximum Gasteiger partial charge on any atom is 0.348 e. The van der Waals surface area contributed by atoms with E-state index in [1.54, 1.807) is 6.07 Å². The van der Waals surface area contributed by atoms with Gasteiger partial charge in [-0.1, -0.05) is 12.1 Å². The molecule has 0 amide bonds. The van der Waals surface area contributed by atoms with Crippen LogP contribution in [-0.4, -0.2) is 17.1 Å². The van der Waals surface area contributed by atoms with Crippen molar-refractivity contribution in [1.82, 2.24) is 4.98 Å². The Hall–Kier alpha value is -1.84.